The molecular weight excluding hydrogens is 176 g/mol. The minimum Gasteiger partial charge on any atom is -0.264 e. The normalized spacial score (nSPS) is 10.1. The van der Waals surface area contributed by atoms with Crippen LogP contribution in [-0.4, -0.2) is 12.8 Å². The van der Waals surface area contributed by atoms with Crippen molar-refractivity contribution in [1.82, 2.24) is 4.98 Å². The summed E-state index contributed by atoms with van der Waals surface area (Å²) in [5.41, 5.74) is 2.46. The smallest absolute Gasteiger partial charge is 0.143 e. The zero-order chi connectivity index (χ0) is 9.97. The molecule has 14 heavy (non-hydrogen) atoms. The summed E-state index contributed by atoms with van der Waals surface area (Å²) in [6.45, 7) is 0. The van der Waals surface area contributed by atoms with Gasteiger partial charge in [0.15, 0.2) is 0 Å². The van der Waals surface area contributed by atoms with E-state index in [1.54, 1.807) is 26.3 Å². The summed E-state index contributed by atoms with van der Waals surface area (Å²) in [5.74, 6) is -0.175. The summed E-state index contributed by atoms with van der Waals surface area (Å²) in [4.78, 5) is 3.99. The summed E-state index contributed by atoms with van der Waals surface area (Å²) in [6, 6.07) is 8.96. The van der Waals surface area contributed by atoms with Crippen molar-refractivity contribution in [3.63, 3.8) is 0 Å². The Morgan fingerprint density at radius 3 is 2.64 bits per heavy atom. The van der Waals surface area contributed by atoms with Crippen molar-refractivity contribution < 1.29 is 4.39 Å². The molecule has 2 aromatic rings. The van der Waals surface area contributed by atoms with E-state index < -0.39 is 0 Å². The molecule has 1 aromatic carbocycles. The molecule has 0 bridgehead atoms. The van der Waals surface area contributed by atoms with Crippen LogP contribution in [0.25, 0.3) is 11.1 Å². The Morgan fingerprint density at radius 1 is 1.14 bits per heavy atom. The van der Waals surface area contributed by atoms with Crippen LogP contribution in [0.15, 0.2) is 42.7 Å². The van der Waals surface area contributed by atoms with Gasteiger partial charge in [-0.05, 0) is 17.7 Å². The van der Waals surface area contributed by atoms with Gasteiger partial charge in [0, 0.05) is 18.0 Å². The molecule has 0 fully saturated rings. The van der Waals surface area contributed by atoms with Crippen LogP contribution >= 0.6 is 0 Å². The van der Waals surface area contributed by atoms with Crippen molar-refractivity contribution >= 4 is 13.3 Å². The fourth-order valence-electron chi connectivity index (χ4n) is 1.31. The SMILES string of the molecule is Bc1ccc(-c2cccnc2)cc1F. The first-order valence-corrected chi connectivity index (χ1v) is 4.44. The number of hydrogen-bond donors (Lipinski definition) is 0. The molecule has 1 aromatic heterocycles. The highest BCUT2D eigenvalue weighted by Crippen LogP contribution is 2.17. The Bertz CT molecular complexity index is 442. The number of benzene rings is 1. The Balaban J connectivity index is 2.48. The molecule has 1 nitrogen and oxygen atoms in total. The maximum absolute atomic E-state index is 13.2. The number of halogens is 1. The molecule has 0 saturated heterocycles. The maximum atomic E-state index is 13.2. The second-order valence-electron chi connectivity index (χ2n) is 3.21. The summed E-state index contributed by atoms with van der Waals surface area (Å²) in [7, 11) is 1.75. The molecule has 0 saturated carbocycles. The molecule has 0 aliphatic rings. The van der Waals surface area contributed by atoms with Gasteiger partial charge < -0.3 is 0 Å². The van der Waals surface area contributed by atoms with Gasteiger partial charge >= 0.3 is 0 Å². The fraction of sp³-hybridized carbons (Fsp3) is 0. The van der Waals surface area contributed by atoms with Gasteiger partial charge in [-0.25, -0.2) is 4.39 Å². The summed E-state index contributed by atoms with van der Waals surface area (Å²) in [5, 5.41) is 0. The fourth-order valence-corrected chi connectivity index (χ4v) is 1.31. The second-order valence-corrected chi connectivity index (χ2v) is 3.21. The minimum absolute atomic E-state index is 0.175. The predicted octanol–water partition coefficient (Wildman–Crippen LogP) is 1.15. The second kappa shape index (κ2) is 3.62. The zero-order valence-corrected chi connectivity index (χ0v) is 7.87. The van der Waals surface area contributed by atoms with Gasteiger partial charge in [0.1, 0.15) is 13.7 Å². The Hall–Kier alpha value is -1.64. The van der Waals surface area contributed by atoms with Gasteiger partial charge in [-0.3, -0.25) is 4.98 Å². The largest absolute Gasteiger partial charge is 0.264 e. The van der Waals surface area contributed by atoms with Gasteiger partial charge in [0.2, 0.25) is 0 Å². The van der Waals surface area contributed by atoms with Crippen LogP contribution in [0, 0.1) is 5.82 Å². The van der Waals surface area contributed by atoms with Gasteiger partial charge in [0.05, 0.1) is 0 Å². The molecule has 3 heteroatoms. The van der Waals surface area contributed by atoms with E-state index in [4.69, 9.17) is 0 Å². The lowest BCUT2D eigenvalue weighted by molar-refractivity contribution is 0.636. The molecule has 0 aliphatic heterocycles. The minimum atomic E-state index is -0.175. The first kappa shape index (κ1) is 8.94. The monoisotopic (exact) mass is 185 g/mol. The predicted molar refractivity (Wildman–Crippen MR) is 57.8 cm³/mol. The van der Waals surface area contributed by atoms with Crippen LogP contribution < -0.4 is 5.46 Å². The lowest BCUT2D eigenvalue weighted by atomic mass is 9.93. The molecule has 0 radical (unpaired) electrons. The Morgan fingerprint density at radius 2 is 2.00 bits per heavy atom. The first-order chi connectivity index (χ1) is 6.77. The lowest BCUT2D eigenvalue weighted by Gasteiger charge is -2.02. The standard InChI is InChI=1S/C11H9BFN/c12-10-4-3-8(6-11(10)13)9-2-1-5-14-7-9/h1-7H,12H2. The molecule has 68 valence electrons. The highest BCUT2D eigenvalue weighted by atomic mass is 19.1. The maximum Gasteiger partial charge on any atom is 0.143 e. The average Bonchev–Trinajstić information content (AvgIpc) is 2.23. The third kappa shape index (κ3) is 1.67. The summed E-state index contributed by atoms with van der Waals surface area (Å²) >= 11 is 0. The molecule has 0 aliphatic carbocycles. The summed E-state index contributed by atoms with van der Waals surface area (Å²) in [6.07, 6.45) is 3.43. The Kier molecular flexibility index (Phi) is 2.31. The highest BCUT2D eigenvalue weighted by molar-refractivity contribution is 6.32. The number of hydrogen-bond acceptors (Lipinski definition) is 1. The number of pyridine rings is 1. The van der Waals surface area contributed by atoms with E-state index in [9.17, 15) is 4.39 Å². The van der Waals surface area contributed by atoms with Crippen molar-refractivity contribution in [2.45, 2.75) is 0 Å². The van der Waals surface area contributed by atoms with Crippen LogP contribution in [0.4, 0.5) is 4.39 Å². The number of rotatable bonds is 1. The van der Waals surface area contributed by atoms with Crippen molar-refractivity contribution in [2.24, 2.45) is 0 Å². The van der Waals surface area contributed by atoms with Gasteiger partial charge in [-0.2, -0.15) is 0 Å². The molecule has 0 amide bonds. The van der Waals surface area contributed by atoms with E-state index in [1.807, 2.05) is 18.2 Å². The molecule has 0 unspecified atom stereocenters. The average molecular weight is 185 g/mol. The van der Waals surface area contributed by atoms with Crippen LogP contribution in [-0.2, 0) is 0 Å². The highest BCUT2D eigenvalue weighted by Gasteiger charge is 2.00. The van der Waals surface area contributed by atoms with Crippen molar-refractivity contribution in [1.29, 1.82) is 0 Å². The zero-order valence-electron chi connectivity index (χ0n) is 7.87. The quantitative estimate of drug-likeness (QED) is 0.607. The topological polar surface area (TPSA) is 12.9 Å². The summed E-state index contributed by atoms with van der Waals surface area (Å²) < 4.78 is 13.2. The number of aromatic nitrogens is 1. The van der Waals surface area contributed by atoms with Crippen molar-refractivity contribution in [3.05, 3.63) is 48.5 Å². The van der Waals surface area contributed by atoms with Gasteiger partial charge in [0.25, 0.3) is 0 Å². The molecule has 0 N–H and O–H groups in total. The van der Waals surface area contributed by atoms with Crippen LogP contribution in [0.1, 0.15) is 0 Å². The van der Waals surface area contributed by atoms with Gasteiger partial charge in [-0.1, -0.05) is 23.7 Å². The lowest BCUT2D eigenvalue weighted by Crippen LogP contribution is -2.07. The third-order valence-electron chi connectivity index (χ3n) is 2.17. The van der Waals surface area contributed by atoms with E-state index in [-0.39, 0.29) is 5.82 Å². The Labute approximate surface area is 83.0 Å². The molecule has 0 spiro atoms. The van der Waals surface area contributed by atoms with E-state index in [2.05, 4.69) is 4.98 Å². The first-order valence-electron chi connectivity index (χ1n) is 4.44. The van der Waals surface area contributed by atoms with E-state index >= 15 is 0 Å². The van der Waals surface area contributed by atoms with E-state index in [0.717, 1.165) is 11.1 Å². The molecule has 2 rings (SSSR count). The van der Waals surface area contributed by atoms with Gasteiger partial charge in [-0.15, -0.1) is 0 Å². The molecular formula is C11H9BFN. The van der Waals surface area contributed by atoms with Crippen molar-refractivity contribution in [2.75, 3.05) is 0 Å². The van der Waals surface area contributed by atoms with Crippen LogP contribution in [0.3, 0.4) is 0 Å². The number of nitrogens with zero attached hydrogens (tertiary/aromatic N) is 1. The molecule has 1 heterocycles. The third-order valence-corrected chi connectivity index (χ3v) is 2.17. The van der Waals surface area contributed by atoms with E-state index in [0.29, 0.717) is 5.46 Å². The van der Waals surface area contributed by atoms with E-state index in [1.165, 1.54) is 6.07 Å². The molecule has 0 atom stereocenters. The van der Waals surface area contributed by atoms with Crippen LogP contribution in [0.2, 0.25) is 0 Å². The van der Waals surface area contributed by atoms with Crippen molar-refractivity contribution in [3.8, 4) is 11.1 Å². The van der Waals surface area contributed by atoms with Crippen LogP contribution in [0.5, 0.6) is 0 Å².